The number of rotatable bonds is 6. The van der Waals surface area contributed by atoms with Gasteiger partial charge >= 0.3 is 5.97 Å². The van der Waals surface area contributed by atoms with Crippen LogP contribution in [0.5, 0.6) is 0 Å². The summed E-state index contributed by atoms with van der Waals surface area (Å²) in [7, 11) is 0. The van der Waals surface area contributed by atoms with E-state index in [4.69, 9.17) is 4.74 Å². The monoisotopic (exact) mass is 372 g/mol. The fourth-order valence-corrected chi connectivity index (χ4v) is 4.14. The Morgan fingerprint density at radius 2 is 1.74 bits per heavy atom. The number of piperidine rings is 1. The second-order valence-corrected chi connectivity index (χ2v) is 9.15. The molecule has 1 heterocycles. The molecule has 0 amide bonds. The molecule has 0 unspecified atom stereocenters. The van der Waals surface area contributed by atoms with E-state index in [1.165, 1.54) is 50.9 Å². The Labute approximate surface area is 164 Å². The van der Waals surface area contributed by atoms with Gasteiger partial charge in [-0.05, 0) is 83.2 Å². The molecule has 2 fully saturated rings. The molecule has 1 aliphatic heterocycles. The summed E-state index contributed by atoms with van der Waals surface area (Å²) in [6.45, 7) is 12.7. The zero-order chi connectivity index (χ0) is 19.4. The van der Waals surface area contributed by atoms with Crippen LogP contribution >= 0.6 is 0 Å². The molecule has 0 bridgehead atoms. The van der Waals surface area contributed by atoms with Gasteiger partial charge in [0.2, 0.25) is 0 Å². The average molecular weight is 373 g/mol. The van der Waals surface area contributed by atoms with Gasteiger partial charge in [-0.15, -0.1) is 0 Å². The lowest BCUT2D eigenvalue weighted by atomic mass is 9.89. The van der Waals surface area contributed by atoms with Gasteiger partial charge in [-0.3, -0.25) is 0 Å². The molecule has 150 valence electrons. The average Bonchev–Trinajstić information content (AvgIpc) is 2.59. The van der Waals surface area contributed by atoms with Crippen LogP contribution in [0.25, 0.3) is 0 Å². The number of ether oxygens (including phenoxy) is 1. The lowest BCUT2D eigenvalue weighted by Crippen LogP contribution is -2.45. The summed E-state index contributed by atoms with van der Waals surface area (Å²) in [5, 5.41) is 0. The number of hydrogen-bond acceptors (Lipinski definition) is 4. The highest BCUT2D eigenvalue weighted by atomic mass is 16.6. The van der Waals surface area contributed by atoms with E-state index in [9.17, 15) is 4.79 Å². The Bertz CT molecular complexity index is 608. The second-order valence-electron chi connectivity index (χ2n) is 9.15. The molecule has 1 saturated carbocycles. The van der Waals surface area contributed by atoms with Gasteiger partial charge in [0.05, 0.1) is 5.56 Å². The quantitative estimate of drug-likeness (QED) is 0.676. The van der Waals surface area contributed by atoms with E-state index < -0.39 is 5.60 Å². The van der Waals surface area contributed by atoms with Crippen molar-refractivity contribution in [2.45, 2.75) is 71.4 Å². The number of benzene rings is 1. The number of nitrogens with zero attached hydrogens (tertiary/aromatic N) is 2. The molecular formula is C23H36N2O2. The summed E-state index contributed by atoms with van der Waals surface area (Å²) in [5.41, 5.74) is 1.39. The third kappa shape index (κ3) is 5.47. The molecule has 4 nitrogen and oxygen atoms in total. The third-order valence-electron chi connectivity index (χ3n) is 5.97. The van der Waals surface area contributed by atoms with Crippen molar-refractivity contribution in [3.8, 4) is 0 Å². The van der Waals surface area contributed by atoms with Crippen molar-refractivity contribution in [3.63, 3.8) is 0 Å². The summed E-state index contributed by atoms with van der Waals surface area (Å²) in [4.78, 5) is 17.3. The lowest BCUT2D eigenvalue weighted by Gasteiger charge is -2.41. The number of carbonyl (C=O) groups excluding carboxylic acids is 1. The fourth-order valence-electron chi connectivity index (χ4n) is 4.14. The van der Waals surface area contributed by atoms with Gasteiger partial charge in [-0.25, -0.2) is 4.79 Å². The number of esters is 1. The molecule has 0 spiro atoms. The molecule has 0 aromatic heterocycles. The zero-order valence-electron chi connectivity index (χ0n) is 17.5. The molecule has 0 radical (unpaired) electrons. The van der Waals surface area contributed by atoms with Gasteiger partial charge in [-0.2, -0.15) is 0 Å². The highest BCUT2D eigenvalue weighted by molar-refractivity contribution is 5.90. The molecule has 0 N–H and O–H groups in total. The van der Waals surface area contributed by atoms with E-state index in [2.05, 4.69) is 28.9 Å². The lowest BCUT2D eigenvalue weighted by molar-refractivity contribution is 0.00695. The molecule has 2 aliphatic rings. The van der Waals surface area contributed by atoms with E-state index in [-0.39, 0.29) is 5.97 Å². The Kier molecular flexibility index (Phi) is 6.46. The summed E-state index contributed by atoms with van der Waals surface area (Å²) in [5.74, 6) is 0.575. The first-order valence-corrected chi connectivity index (χ1v) is 10.7. The Balaban J connectivity index is 1.49. The number of carbonyl (C=O) groups is 1. The highest BCUT2D eigenvalue weighted by Crippen LogP contribution is 2.29. The first-order valence-electron chi connectivity index (χ1n) is 10.7. The molecule has 1 aromatic rings. The van der Waals surface area contributed by atoms with Crippen LogP contribution in [0.2, 0.25) is 0 Å². The third-order valence-corrected chi connectivity index (χ3v) is 5.97. The van der Waals surface area contributed by atoms with Crippen LogP contribution in [0.3, 0.4) is 0 Å². The van der Waals surface area contributed by atoms with Gasteiger partial charge in [-0.1, -0.05) is 13.3 Å². The molecule has 27 heavy (non-hydrogen) atoms. The van der Waals surface area contributed by atoms with Crippen LogP contribution in [0.4, 0.5) is 5.69 Å². The normalized spacial score (nSPS) is 19.2. The molecule has 3 rings (SSSR count). The topological polar surface area (TPSA) is 32.8 Å². The van der Waals surface area contributed by atoms with Gasteiger partial charge in [0, 0.05) is 31.4 Å². The predicted octanol–water partition coefficient (Wildman–Crippen LogP) is 4.73. The van der Waals surface area contributed by atoms with Crippen molar-refractivity contribution in [1.29, 1.82) is 0 Å². The molecule has 1 saturated heterocycles. The van der Waals surface area contributed by atoms with Crippen LogP contribution < -0.4 is 4.90 Å². The van der Waals surface area contributed by atoms with Gasteiger partial charge in [0.15, 0.2) is 0 Å². The summed E-state index contributed by atoms with van der Waals surface area (Å²) in [6, 6.07) is 8.77. The minimum absolute atomic E-state index is 0.247. The van der Waals surface area contributed by atoms with E-state index >= 15 is 0 Å². The van der Waals surface area contributed by atoms with Crippen LogP contribution in [0, 0.1) is 5.92 Å². The predicted molar refractivity (Wildman–Crippen MR) is 111 cm³/mol. The SMILES string of the molecule is CCN(CC1CCN(c2ccc(C(=O)OC(C)(C)C)cc2)CC1)C1CCC1. The minimum Gasteiger partial charge on any atom is -0.456 e. The van der Waals surface area contributed by atoms with Crippen molar-refractivity contribution in [2.75, 3.05) is 31.1 Å². The highest BCUT2D eigenvalue weighted by Gasteiger charge is 2.28. The van der Waals surface area contributed by atoms with Crippen molar-refractivity contribution < 1.29 is 9.53 Å². The fraction of sp³-hybridized carbons (Fsp3) is 0.696. The molecule has 1 aromatic carbocycles. The van der Waals surface area contributed by atoms with E-state index in [1.54, 1.807) is 0 Å². The van der Waals surface area contributed by atoms with Crippen molar-refractivity contribution >= 4 is 11.7 Å². The van der Waals surface area contributed by atoms with Crippen LogP contribution in [-0.4, -0.2) is 48.7 Å². The van der Waals surface area contributed by atoms with E-state index in [0.29, 0.717) is 5.56 Å². The Morgan fingerprint density at radius 3 is 2.22 bits per heavy atom. The van der Waals surface area contributed by atoms with Crippen molar-refractivity contribution in [3.05, 3.63) is 29.8 Å². The summed E-state index contributed by atoms with van der Waals surface area (Å²) in [6.07, 6.45) is 6.74. The molecule has 1 aliphatic carbocycles. The molecule has 4 heteroatoms. The van der Waals surface area contributed by atoms with Crippen LogP contribution in [0.1, 0.15) is 70.2 Å². The van der Waals surface area contributed by atoms with Gasteiger partial charge in [0.1, 0.15) is 5.60 Å². The standard InChI is InChI=1S/C23H36N2O2/c1-5-24(20-7-6-8-20)17-18-13-15-25(16-14-18)21-11-9-19(10-12-21)22(26)27-23(2,3)4/h9-12,18,20H,5-8,13-17H2,1-4H3. The van der Waals surface area contributed by atoms with Crippen molar-refractivity contribution in [1.82, 2.24) is 4.90 Å². The number of hydrogen-bond donors (Lipinski definition) is 0. The van der Waals surface area contributed by atoms with Crippen LogP contribution in [-0.2, 0) is 4.74 Å². The molecule has 0 atom stereocenters. The smallest absolute Gasteiger partial charge is 0.338 e. The van der Waals surface area contributed by atoms with Gasteiger partial charge < -0.3 is 14.5 Å². The maximum atomic E-state index is 12.2. The van der Waals surface area contributed by atoms with Crippen LogP contribution in [0.15, 0.2) is 24.3 Å². The second kappa shape index (κ2) is 8.64. The van der Waals surface area contributed by atoms with Gasteiger partial charge in [0.25, 0.3) is 0 Å². The molecular weight excluding hydrogens is 336 g/mol. The maximum Gasteiger partial charge on any atom is 0.338 e. The van der Waals surface area contributed by atoms with E-state index in [0.717, 1.165) is 25.0 Å². The first-order chi connectivity index (χ1) is 12.9. The summed E-state index contributed by atoms with van der Waals surface area (Å²) >= 11 is 0. The Hall–Kier alpha value is -1.55. The van der Waals surface area contributed by atoms with Crippen molar-refractivity contribution in [2.24, 2.45) is 5.92 Å². The minimum atomic E-state index is -0.455. The Morgan fingerprint density at radius 1 is 1.11 bits per heavy atom. The summed E-state index contributed by atoms with van der Waals surface area (Å²) < 4.78 is 5.45. The maximum absolute atomic E-state index is 12.2. The zero-order valence-corrected chi connectivity index (χ0v) is 17.5. The first kappa shape index (κ1) is 20.2. The largest absolute Gasteiger partial charge is 0.456 e. The van der Waals surface area contributed by atoms with E-state index in [1.807, 2.05) is 32.9 Å². The number of anilines is 1.